The molecule has 2 N–H and O–H groups in total. The summed E-state index contributed by atoms with van der Waals surface area (Å²) in [5, 5.41) is 10.5. The second kappa shape index (κ2) is 12.3. The average molecular weight is 552 g/mol. The molecule has 4 heterocycles. The van der Waals surface area contributed by atoms with Gasteiger partial charge in [0.2, 0.25) is 11.8 Å². The number of alkyl halides is 3. The van der Waals surface area contributed by atoms with E-state index in [4.69, 9.17) is 9.47 Å². The van der Waals surface area contributed by atoms with Crippen LogP contribution in [-0.2, 0) is 28.8 Å². The fourth-order valence-electron chi connectivity index (χ4n) is 4.23. The first-order valence-electron chi connectivity index (χ1n) is 11.5. The van der Waals surface area contributed by atoms with Crippen LogP contribution < -0.4 is 20.3 Å². The molecule has 1 aliphatic rings. The summed E-state index contributed by atoms with van der Waals surface area (Å²) in [6.45, 7) is 4.25. The van der Waals surface area contributed by atoms with Crippen molar-refractivity contribution < 1.29 is 27.4 Å². The van der Waals surface area contributed by atoms with E-state index in [9.17, 15) is 18.0 Å². The highest BCUT2D eigenvalue weighted by molar-refractivity contribution is 6.04. The molecule has 214 valence electrons. The van der Waals surface area contributed by atoms with E-state index in [0.717, 1.165) is 17.3 Å². The summed E-state index contributed by atoms with van der Waals surface area (Å²) < 4.78 is 50.9. The number of hydrogen-bond acceptors (Lipinski definition) is 8. The van der Waals surface area contributed by atoms with Gasteiger partial charge < -0.3 is 25.0 Å². The molecule has 39 heavy (non-hydrogen) atoms. The second-order valence-electron chi connectivity index (χ2n) is 8.74. The number of rotatable bonds is 8. The van der Waals surface area contributed by atoms with Crippen molar-refractivity contribution in [3.8, 4) is 5.88 Å². The maximum Gasteiger partial charge on any atom is 0.433 e. The Bertz CT molecular complexity index is 1300. The number of methoxy groups -OCH3 is 2. The topological polar surface area (TPSA) is 106 Å². The minimum atomic E-state index is -4.55. The molecule has 4 rings (SSSR count). The Kier molecular flexibility index (Phi) is 9.91. The number of carbonyl (C=O) groups excluding carboxylic acids is 1. The van der Waals surface area contributed by atoms with Gasteiger partial charge in [0.15, 0.2) is 0 Å². The molecule has 0 bridgehead atoms. The largest absolute Gasteiger partial charge is 0.481 e. The number of amides is 1. The minimum Gasteiger partial charge on any atom is -0.481 e. The van der Waals surface area contributed by atoms with E-state index < -0.39 is 17.9 Å². The maximum absolute atomic E-state index is 12.9. The van der Waals surface area contributed by atoms with Crippen LogP contribution >= 0.6 is 0 Å². The quantitative estimate of drug-likeness (QED) is 0.414. The van der Waals surface area contributed by atoms with Crippen molar-refractivity contribution in [1.82, 2.24) is 19.7 Å². The Morgan fingerprint density at radius 1 is 1.21 bits per heavy atom. The monoisotopic (exact) mass is 551 g/mol. The average Bonchev–Trinajstić information content (AvgIpc) is 3.30. The standard InChI is InChI=1S/C24H28F3N7O3.2CH4/c1-13-20-17(33(3)21(14(2)36-4)22(35)32-20)8-19(30-13)28-9-15-10-29-34(11-15)12-16-6-7-18(24(25,26)27)31-23(16)37-5;;/h6-8,10-11,14,21H,9,12H2,1-5H3,(H,28,30)(H,32,35);2*1H4/t14-,21+;;/m1../s1. The van der Waals surface area contributed by atoms with Gasteiger partial charge in [-0.1, -0.05) is 14.9 Å². The van der Waals surface area contributed by atoms with Crippen LogP contribution in [0.4, 0.5) is 30.4 Å². The summed E-state index contributed by atoms with van der Waals surface area (Å²) in [5.74, 6) is 0.364. The van der Waals surface area contributed by atoms with Gasteiger partial charge in [0.25, 0.3) is 0 Å². The SMILES string of the molecule is C.C.COc1nc(C(F)(F)F)ccc1Cn1cc(CNc2cc3c(c(C)n2)NC(=O)[C@H]([C@@H](C)OC)N3C)cn1. The third kappa shape index (κ3) is 6.59. The number of ether oxygens (including phenoxy) is 2. The minimum absolute atomic E-state index is 0. The van der Waals surface area contributed by atoms with Crippen molar-refractivity contribution in [1.29, 1.82) is 0 Å². The number of nitrogens with one attached hydrogen (secondary N) is 2. The summed E-state index contributed by atoms with van der Waals surface area (Å²) >= 11 is 0. The number of likely N-dealkylation sites (N-methyl/N-ethyl adjacent to an activating group) is 1. The van der Waals surface area contributed by atoms with Crippen molar-refractivity contribution in [3.63, 3.8) is 0 Å². The molecule has 3 aromatic rings. The highest BCUT2D eigenvalue weighted by Gasteiger charge is 2.36. The fourth-order valence-corrected chi connectivity index (χ4v) is 4.23. The Labute approximate surface area is 226 Å². The van der Waals surface area contributed by atoms with Gasteiger partial charge in [0.1, 0.15) is 17.6 Å². The van der Waals surface area contributed by atoms with Crippen LogP contribution in [0.25, 0.3) is 0 Å². The smallest absolute Gasteiger partial charge is 0.433 e. The Morgan fingerprint density at radius 2 is 1.92 bits per heavy atom. The van der Waals surface area contributed by atoms with Crippen molar-refractivity contribution >= 4 is 23.1 Å². The summed E-state index contributed by atoms with van der Waals surface area (Å²) in [6, 6.07) is 3.63. The van der Waals surface area contributed by atoms with Crippen molar-refractivity contribution in [2.45, 2.75) is 60.1 Å². The van der Waals surface area contributed by atoms with Crippen molar-refractivity contribution in [2.24, 2.45) is 0 Å². The summed E-state index contributed by atoms with van der Waals surface area (Å²) in [6.07, 6.45) is -1.43. The molecular formula is C26H36F3N7O3. The molecule has 0 aliphatic carbocycles. The molecule has 0 unspecified atom stereocenters. The van der Waals surface area contributed by atoms with Gasteiger partial charge in [-0.2, -0.15) is 18.3 Å². The second-order valence-corrected chi connectivity index (χ2v) is 8.74. The first-order chi connectivity index (χ1) is 17.5. The molecule has 3 aromatic heterocycles. The third-order valence-electron chi connectivity index (χ3n) is 6.23. The van der Waals surface area contributed by atoms with E-state index in [2.05, 4.69) is 25.7 Å². The summed E-state index contributed by atoms with van der Waals surface area (Å²) in [4.78, 5) is 22.6. The molecule has 0 saturated heterocycles. The molecule has 1 aliphatic heterocycles. The lowest BCUT2D eigenvalue weighted by Crippen LogP contribution is -2.52. The van der Waals surface area contributed by atoms with E-state index >= 15 is 0 Å². The number of fused-ring (bicyclic) bond motifs is 1. The van der Waals surface area contributed by atoms with Crippen LogP contribution in [-0.4, -0.2) is 59.1 Å². The molecular weight excluding hydrogens is 515 g/mol. The number of hydrogen-bond donors (Lipinski definition) is 2. The first kappa shape index (κ1) is 31.3. The van der Waals surface area contributed by atoms with Crippen molar-refractivity contribution in [3.05, 3.63) is 53.1 Å². The molecule has 0 spiro atoms. The molecule has 0 aromatic carbocycles. The first-order valence-corrected chi connectivity index (χ1v) is 11.5. The highest BCUT2D eigenvalue weighted by Crippen LogP contribution is 2.36. The number of halogens is 3. The molecule has 1 amide bonds. The van der Waals surface area contributed by atoms with E-state index in [1.807, 2.05) is 31.9 Å². The number of aryl methyl sites for hydroxylation is 1. The lowest BCUT2D eigenvalue weighted by molar-refractivity contribution is -0.141. The number of carbonyl (C=O) groups is 1. The van der Waals surface area contributed by atoms with Gasteiger partial charge in [-0.05, 0) is 26.0 Å². The third-order valence-corrected chi connectivity index (χ3v) is 6.23. The van der Waals surface area contributed by atoms with Crippen LogP contribution in [0.3, 0.4) is 0 Å². The molecule has 13 heteroatoms. The van der Waals surface area contributed by atoms with Crippen LogP contribution in [0, 0.1) is 6.92 Å². The fraction of sp³-hybridized carbons (Fsp3) is 0.462. The Balaban J connectivity index is 0.00000267. The van der Waals surface area contributed by atoms with Gasteiger partial charge in [-0.25, -0.2) is 9.97 Å². The number of nitrogens with zero attached hydrogens (tertiary/aromatic N) is 5. The van der Waals surface area contributed by atoms with E-state index in [1.54, 1.807) is 24.2 Å². The van der Waals surface area contributed by atoms with Crippen LogP contribution in [0.2, 0.25) is 0 Å². The molecule has 10 nitrogen and oxygen atoms in total. The lowest BCUT2D eigenvalue weighted by Gasteiger charge is -2.38. The maximum atomic E-state index is 12.9. The van der Waals surface area contributed by atoms with Gasteiger partial charge in [0, 0.05) is 44.1 Å². The summed E-state index contributed by atoms with van der Waals surface area (Å²) in [7, 11) is 4.69. The van der Waals surface area contributed by atoms with Crippen LogP contribution in [0.1, 0.15) is 44.3 Å². The molecule has 2 atom stereocenters. The van der Waals surface area contributed by atoms with Gasteiger partial charge in [-0.3, -0.25) is 9.48 Å². The number of aromatic nitrogens is 4. The molecule has 0 saturated carbocycles. The van der Waals surface area contributed by atoms with E-state index in [1.165, 1.54) is 13.2 Å². The lowest BCUT2D eigenvalue weighted by atomic mass is 10.0. The van der Waals surface area contributed by atoms with Crippen LogP contribution in [0.5, 0.6) is 5.88 Å². The van der Waals surface area contributed by atoms with Crippen LogP contribution in [0.15, 0.2) is 30.6 Å². The Morgan fingerprint density at radius 3 is 2.56 bits per heavy atom. The van der Waals surface area contributed by atoms with Crippen molar-refractivity contribution in [2.75, 3.05) is 36.8 Å². The molecule has 0 fully saturated rings. The predicted octanol–water partition coefficient (Wildman–Crippen LogP) is 4.73. The predicted molar refractivity (Wildman–Crippen MR) is 144 cm³/mol. The summed E-state index contributed by atoms with van der Waals surface area (Å²) in [5.41, 5.74) is 2.44. The zero-order valence-corrected chi connectivity index (χ0v) is 21.1. The van der Waals surface area contributed by atoms with E-state index in [-0.39, 0.29) is 39.3 Å². The normalized spacial score (nSPS) is 15.4. The van der Waals surface area contributed by atoms with Gasteiger partial charge in [-0.15, -0.1) is 0 Å². The Hall–Kier alpha value is -3.87. The number of pyridine rings is 2. The zero-order valence-electron chi connectivity index (χ0n) is 21.1. The van der Waals surface area contributed by atoms with E-state index in [0.29, 0.717) is 29.3 Å². The highest BCUT2D eigenvalue weighted by atomic mass is 19.4. The number of anilines is 3. The zero-order chi connectivity index (χ0) is 26.9. The van der Waals surface area contributed by atoms with Gasteiger partial charge in [0.05, 0.1) is 43.0 Å². The molecule has 0 radical (unpaired) electrons. The van der Waals surface area contributed by atoms with Gasteiger partial charge >= 0.3 is 6.18 Å².